The van der Waals surface area contributed by atoms with E-state index in [1.807, 2.05) is 6.92 Å². The number of aromatic nitrogens is 1. The number of hydrogen-bond donors (Lipinski definition) is 0. The molecule has 0 saturated carbocycles. The van der Waals surface area contributed by atoms with Crippen molar-refractivity contribution in [2.45, 2.75) is 20.3 Å². The zero-order valence-electron chi connectivity index (χ0n) is 10.2. The van der Waals surface area contributed by atoms with Gasteiger partial charge in [0.1, 0.15) is 11.3 Å². The topological polar surface area (TPSA) is 72.6 Å². The molecular formula is C11H16N2O4. The molecular weight excluding hydrogens is 224 g/mol. The number of methoxy groups -OCH3 is 1. The Hall–Kier alpha value is -1.85. The highest BCUT2D eigenvalue weighted by Gasteiger charge is 2.19. The lowest BCUT2D eigenvalue weighted by atomic mass is 10.2. The van der Waals surface area contributed by atoms with Gasteiger partial charge < -0.3 is 14.2 Å². The summed E-state index contributed by atoms with van der Waals surface area (Å²) in [6.45, 7) is 4.36. The molecule has 0 radical (unpaired) electrons. The van der Waals surface area contributed by atoms with E-state index in [-0.39, 0.29) is 18.3 Å². The van der Waals surface area contributed by atoms with Crippen LogP contribution in [-0.4, -0.2) is 42.1 Å². The molecule has 0 aromatic carbocycles. The van der Waals surface area contributed by atoms with E-state index >= 15 is 0 Å². The van der Waals surface area contributed by atoms with Crippen molar-refractivity contribution in [2.24, 2.45) is 0 Å². The van der Waals surface area contributed by atoms with Crippen LogP contribution in [-0.2, 0) is 9.53 Å². The molecule has 1 aromatic rings. The average Bonchev–Trinajstić information content (AvgIpc) is 2.75. The lowest BCUT2D eigenvalue weighted by Crippen LogP contribution is -2.33. The average molecular weight is 240 g/mol. The molecule has 0 bridgehead atoms. The Morgan fingerprint density at radius 3 is 2.71 bits per heavy atom. The number of aryl methyl sites for hydroxylation is 1. The number of esters is 1. The summed E-state index contributed by atoms with van der Waals surface area (Å²) in [5.41, 5.74) is 0.428. The summed E-state index contributed by atoms with van der Waals surface area (Å²) < 4.78 is 9.37. The van der Waals surface area contributed by atoms with Crippen LogP contribution in [0.1, 0.15) is 29.5 Å². The van der Waals surface area contributed by atoms with E-state index in [4.69, 9.17) is 4.52 Å². The number of nitrogens with zero attached hydrogens (tertiary/aromatic N) is 2. The van der Waals surface area contributed by atoms with Crippen molar-refractivity contribution in [3.8, 4) is 0 Å². The predicted molar refractivity (Wildman–Crippen MR) is 59.5 cm³/mol. The fourth-order valence-corrected chi connectivity index (χ4v) is 1.41. The second-order valence-corrected chi connectivity index (χ2v) is 3.51. The number of rotatable bonds is 5. The maximum atomic E-state index is 12.0. The number of carbonyl (C=O) groups is 2. The Bertz CT molecular complexity index is 400. The Morgan fingerprint density at radius 1 is 1.53 bits per heavy atom. The lowest BCUT2D eigenvalue weighted by Gasteiger charge is -2.19. The summed E-state index contributed by atoms with van der Waals surface area (Å²) in [7, 11) is 1.32. The van der Waals surface area contributed by atoms with Crippen LogP contribution in [0.15, 0.2) is 10.7 Å². The molecule has 0 unspecified atom stereocenters. The van der Waals surface area contributed by atoms with Gasteiger partial charge in [-0.2, -0.15) is 0 Å². The van der Waals surface area contributed by atoms with Crippen molar-refractivity contribution in [1.82, 2.24) is 10.1 Å². The van der Waals surface area contributed by atoms with Crippen LogP contribution >= 0.6 is 0 Å². The first-order chi connectivity index (χ1) is 8.10. The molecule has 0 saturated heterocycles. The van der Waals surface area contributed by atoms with Gasteiger partial charge >= 0.3 is 5.97 Å². The first-order valence-electron chi connectivity index (χ1n) is 5.37. The lowest BCUT2D eigenvalue weighted by molar-refractivity contribution is -0.140. The van der Waals surface area contributed by atoms with E-state index in [0.717, 1.165) is 0 Å². The van der Waals surface area contributed by atoms with Crippen molar-refractivity contribution in [2.75, 3.05) is 20.2 Å². The second kappa shape index (κ2) is 6.03. The van der Waals surface area contributed by atoms with Gasteiger partial charge in [-0.05, 0) is 13.8 Å². The monoisotopic (exact) mass is 240 g/mol. The molecule has 0 N–H and O–H groups in total. The van der Waals surface area contributed by atoms with Crippen molar-refractivity contribution >= 4 is 11.9 Å². The number of ether oxygens (including phenoxy) is 1. The number of hydrogen-bond acceptors (Lipinski definition) is 5. The van der Waals surface area contributed by atoms with Crippen molar-refractivity contribution in [3.63, 3.8) is 0 Å². The van der Waals surface area contributed by atoms with E-state index in [0.29, 0.717) is 24.4 Å². The van der Waals surface area contributed by atoms with Crippen molar-refractivity contribution in [3.05, 3.63) is 17.5 Å². The maximum Gasteiger partial charge on any atom is 0.307 e. The molecule has 0 aliphatic rings. The first kappa shape index (κ1) is 13.2. The maximum absolute atomic E-state index is 12.0. The molecule has 1 rings (SSSR count). The van der Waals surface area contributed by atoms with E-state index in [1.54, 1.807) is 11.8 Å². The highest BCUT2D eigenvalue weighted by molar-refractivity contribution is 5.94. The minimum absolute atomic E-state index is 0.181. The number of amides is 1. The number of carbonyl (C=O) groups excluding carboxylic acids is 2. The van der Waals surface area contributed by atoms with Crippen molar-refractivity contribution < 1.29 is 18.8 Å². The van der Waals surface area contributed by atoms with Gasteiger partial charge in [-0.1, -0.05) is 5.16 Å². The smallest absolute Gasteiger partial charge is 0.307 e. The summed E-state index contributed by atoms with van der Waals surface area (Å²) in [5, 5.41) is 3.56. The summed E-state index contributed by atoms with van der Waals surface area (Å²) in [6, 6.07) is 0. The molecule has 0 fully saturated rings. The summed E-state index contributed by atoms with van der Waals surface area (Å²) in [6.07, 6.45) is 1.57. The molecule has 1 amide bonds. The molecule has 0 spiro atoms. The Kier molecular flexibility index (Phi) is 4.68. The molecule has 0 aliphatic heterocycles. The van der Waals surface area contributed by atoms with Crippen LogP contribution in [0.3, 0.4) is 0 Å². The SMILES string of the molecule is CCN(CCC(=O)OC)C(=O)c1cnoc1C. The zero-order chi connectivity index (χ0) is 12.8. The molecule has 94 valence electrons. The van der Waals surface area contributed by atoms with Crippen LogP contribution in [0.2, 0.25) is 0 Å². The molecule has 1 heterocycles. The summed E-state index contributed by atoms with van der Waals surface area (Å²) >= 11 is 0. The minimum Gasteiger partial charge on any atom is -0.469 e. The Labute approximate surface area is 99.5 Å². The summed E-state index contributed by atoms with van der Waals surface area (Å²) in [5.74, 6) is -0.0417. The van der Waals surface area contributed by atoms with Gasteiger partial charge in [0.2, 0.25) is 0 Å². The quantitative estimate of drug-likeness (QED) is 0.718. The molecule has 1 aromatic heterocycles. The summed E-state index contributed by atoms with van der Waals surface area (Å²) in [4.78, 5) is 24.6. The van der Waals surface area contributed by atoms with E-state index in [2.05, 4.69) is 9.89 Å². The van der Waals surface area contributed by atoms with Gasteiger partial charge in [0, 0.05) is 13.1 Å². The fraction of sp³-hybridized carbons (Fsp3) is 0.545. The van der Waals surface area contributed by atoms with Crippen LogP contribution in [0.4, 0.5) is 0 Å². The van der Waals surface area contributed by atoms with E-state index < -0.39 is 0 Å². The molecule has 0 atom stereocenters. The fourth-order valence-electron chi connectivity index (χ4n) is 1.41. The van der Waals surface area contributed by atoms with E-state index in [9.17, 15) is 9.59 Å². The second-order valence-electron chi connectivity index (χ2n) is 3.51. The van der Waals surface area contributed by atoms with Gasteiger partial charge in [-0.25, -0.2) is 0 Å². The standard InChI is InChI=1S/C11H16N2O4/c1-4-13(6-5-10(14)16-3)11(15)9-7-12-17-8(9)2/h7H,4-6H2,1-3H3. The minimum atomic E-state index is -0.335. The van der Waals surface area contributed by atoms with E-state index in [1.165, 1.54) is 13.3 Å². The van der Waals surface area contributed by atoms with Gasteiger partial charge in [-0.15, -0.1) is 0 Å². The predicted octanol–water partition coefficient (Wildman–Crippen LogP) is 1.01. The van der Waals surface area contributed by atoms with Crippen LogP contribution in [0.25, 0.3) is 0 Å². The highest BCUT2D eigenvalue weighted by atomic mass is 16.5. The highest BCUT2D eigenvalue weighted by Crippen LogP contribution is 2.10. The van der Waals surface area contributed by atoms with Gasteiger partial charge in [-0.3, -0.25) is 9.59 Å². The van der Waals surface area contributed by atoms with Crippen molar-refractivity contribution in [1.29, 1.82) is 0 Å². The Morgan fingerprint density at radius 2 is 2.24 bits per heavy atom. The Balaban J connectivity index is 2.65. The molecule has 17 heavy (non-hydrogen) atoms. The van der Waals surface area contributed by atoms with Crippen LogP contribution in [0.5, 0.6) is 0 Å². The zero-order valence-corrected chi connectivity index (χ0v) is 10.2. The first-order valence-corrected chi connectivity index (χ1v) is 5.37. The van der Waals surface area contributed by atoms with Gasteiger partial charge in [0.25, 0.3) is 5.91 Å². The molecule has 6 nitrogen and oxygen atoms in total. The van der Waals surface area contributed by atoms with Crippen LogP contribution in [0, 0.1) is 6.92 Å². The van der Waals surface area contributed by atoms with Gasteiger partial charge in [0.05, 0.1) is 19.7 Å². The third-order valence-corrected chi connectivity index (χ3v) is 2.46. The molecule has 6 heteroatoms. The molecule has 0 aliphatic carbocycles. The van der Waals surface area contributed by atoms with Crippen LogP contribution < -0.4 is 0 Å². The largest absolute Gasteiger partial charge is 0.469 e. The third-order valence-electron chi connectivity index (χ3n) is 2.46. The van der Waals surface area contributed by atoms with Gasteiger partial charge in [0.15, 0.2) is 0 Å². The third kappa shape index (κ3) is 3.30. The normalized spacial score (nSPS) is 10.1.